The minimum absolute atomic E-state index is 0.250. The zero-order valence-corrected chi connectivity index (χ0v) is 11.8. The average molecular weight is 315 g/mol. The number of hydrogen-bond acceptors (Lipinski definition) is 2. The van der Waals surface area contributed by atoms with Crippen molar-refractivity contribution < 1.29 is 27.9 Å². The summed E-state index contributed by atoms with van der Waals surface area (Å²) >= 11 is 0. The predicted octanol–water partition coefficient (Wildman–Crippen LogP) is 2.89. The van der Waals surface area contributed by atoms with Crippen LogP contribution < -0.4 is 0 Å². The number of amides is 1. The number of hydrogen-bond donors (Lipinski definition) is 1. The van der Waals surface area contributed by atoms with E-state index < -0.39 is 30.0 Å². The molecule has 2 rings (SSSR count). The molecule has 0 spiro atoms. The van der Waals surface area contributed by atoms with Crippen molar-refractivity contribution >= 4 is 11.9 Å². The third-order valence-electron chi connectivity index (χ3n) is 3.86. The molecular weight excluding hydrogens is 299 g/mol. The monoisotopic (exact) mass is 315 g/mol. The highest BCUT2D eigenvalue weighted by atomic mass is 19.4. The fraction of sp³-hybridized carbons (Fsp3) is 0.467. The van der Waals surface area contributed by atoms with Crippen LogP contribution in [0.3, 0.4) is 0 Å². The van der Waals surface area contributed by atoms with Gasteiger partial charge < -0.3 is 10.0 Å². The first-order chi connectivity index (χ1) is 10.3. The number of aliphatic carboxylic acids is 1. The largest absolute Gasteiger partial charge is 0.481 e. The second-order valence-electron chi connectivity index (χ2n) is 5.31. The molecule has 0 aliphatic carbocycles. The molecule has 1 fully saturated rings. The van der Waals surface area contributed by atoms with E-state index in [1.807, 2.05) is 0 Å². The number of halogens is 3. The molecule has 0 saturated carbocycles. The van der Waals surface area contributed by atoms with Crippen LogP contribution in [0.4, 0.5) is 13.2 Å². The van der Waals surface area contributed by atoms with Crippen LogP contribution in [-0.4, -0.2) is 35.0 Å². The summed E-state index contributed by atoms with van der Waals surface area (Å²) in [6, 6.07) is 5.48. The van der Waals surface area contributed by atoms with Crippen LogP contribution in [0.2, 0.25) is 0 Å². The summed E-state index contributed by atoms with van der Waals surface area (Å²) in [6.45, 7) is 0.561. The Morgan fingerprint density at radius 3 is 2.32 bits per heavy atom. The number of carbonyl (C=O) groups excluding carboxylic acids is 1. The van der Waals surface area contributed by atoms with Crippen molar-refractivity contribution in [3.8, 4) is 0 Å². The van der Waals surface area contributed by atoms with Gasteiger partial charge in [-0.2, -0.15) is 13.2 Å². The van der Waals surface area contributed by atoms with Gasteiger partial charge in [0.1, 0.15) is 6.42 Å². The number of piperidine rings is 1. The van der Waals surface area contributed by atoms with E-state index in [0.717, 1.165) is 6.07 Å². The molecule has 0 unspecified atom stereocenters. The lowest BCUT2D eigenvalue weighted by molar-refractivity contribution is -0.145. The quantitative estimate of drug-likeness (QED) is 0.873. The van der Waals surface area contributed by atoms with E-state index in [-0.39, 0.29) is 24.6 Å². The van der Waals surface area contributed by atoms with Gasteiger partial charge >= 0.3 is 12.1 Å². The summed E-state index contributed by atoms with van der Waals surface area (Å²) in [5.74, 6) is -1.96. The molecule has 4 nitrogen and oxygen atoms in total. The van der Waals surface area contributed by atoms with Gasteiger partial charge in [-0.25, -0.2) is 0 Å². The maximum absolute atomic E-state index is 13.0. The van der Waals surface area contributed by atoms with Crippen LogP contribution in [0, 0.1) is 0 Å². The van der Waals surface area contributed by atoms with E-state index in [2.05, 4.69) is 0 Å². The van der Waals surface area contributed by atoms with E-state index in [0.29, 0.717) is 12.8 Å². The number of nitrogens with zero attached hydrogens (tertiary/aromatic N) is 1. The van der Waals surface area contributed by atoms with Crippen LogP contribution >= 0.6 is 0 Å². The first-order valence-corrected chi connectivity index (χ1v) is 6.94. The summed E-state index contributed by atoms with van der Waals surface area (Å²) in [6.07, 6.45) is -4.17. The van der Waals surface area contributed by atoms with Gasteiger partial charge in [0.05, 0.1) is 5.56 Å². The molecule has 1 aliphatic rings. The first-order valence-electron chi connectivity index (χ1n) is 6.94. The molecule has 120 valence electrons. The van der Waals surface area contributed by atoms with E-state index >= 15 is 0 Å². The summed E-state index contributed by atoms with van der Waals surface area (Å²) in [5.41, 5.74) is -0.384. The van der Waals surface area contributed by atoms with Crippen LogP contribution in [0.25, 0.3) is 0 Å². The van der Waals surface area contributed by atoms with Crippen molar-refractivity contribution in [2.45, 2.75) is 31.4 Å². The number of carboxylic acid groups (broad SMARTS) is 1. The minimum Gasteiger partial charge on any atom is -0.481 e. The smallest absolute Gasteiger partial charge is 0.416 e. The normalized spacial score (nSPS) is 16.6. The van der Waals surface area contributed by atoms with Crippen molar-refractivity contribution in [1.29, 1.82) is 0 Å². The maximum atomic E-state index is 13.0. The van der Waals surface area contributed by atoms with Crippen molar-refractivity contribution in [3.05, 3.63) is 35.4 Å². The molecule has 0 atom stereocenters. The maximum Gasteiger partial charge on any atom is 0.416 e. The van der Waals surface area contributed by atoms with Gasteiger partial charge in [-0.15, -0.1) is 0 Å². The summed E-state index contributed by atoms with van der Waals surface area (Å²) in [5, 5.41) is 8.60. The van der Waals surface area contributed by atoms with E-state index in [1.165, 1.54) is 17.0 Å². The zero-order valence-electron chi connectivity index (χ0n) is 11.8. The summed E-state index contributed by atoms with van der Waals surface area (Å²) in [7, 11) is 0. The lowest BCUT2D eigenvalue weighted by Crippen LogP contribution is -2.39. The van der Waals surface area contributed by atoms with E-state index in [1.54, 1.807) is 6.07 Å². The van der Waals surface area contributed by atoms with Gasteiger partial charge in [-0.1, -0.05) is 18.2 Å². The highest BCUT2D eigenvalue weighted by Crippen LogP contribution is 2.38. The van der Waals surface area contributed by atoms with Gasteiger partial charge in [-0.3, -0.25) is 9.59 Å². The number of carboxylic acids is 1. The molecule has 1 amide bonds. The first kappa shape index (κ1) is 16.3. The zero-order chi connectivity index (χ0) is 16.3. The molecule has 1 aromatic rings. The van der Waals surface area contributed by atoms with Gasteiger partial charge in [0.15, 0.2) is 0 Å². The van der Waals surface area contributed by atoms with Gasteiger partial charge in [0, 0.05) is 13.1 Å². The Hall–Kier alpha value is -2.05. The Balaban J connectivity index is 2.07. The fourth-order valence-electron chi connectivity index (χ4n) is 2.79. The highest BCUT2D eigenvalue weighted by Gasteiger charge is 2.36. The SMILES string of the molecule is O=C(O)CC(=O)N1CCC(c2ccccc2C(F)(F)F)CC1. The molecule has 7 heteroatoms. The van der Waals surface area contributed by atoms with Crippen LogP contribution in [0.1, 0.15) is 36.3 Å². The molecule has 1 N–H and O–H groups in total. The summed E-state index contributed by atoms with van der Waals surface area (Å²) in [4.78, 5) is 23.6. The van der Waals surface area contributed by atoms with Crippen molar-refractivity contribution in [2.24, 2.45) is 0 Å². The number of likely N-dealkylation sites (tertiary alicyclic amines) is 1. The molecule has 1 heterocycles. The van der Waals surface area contributed by atoms with Crippen molar-refractivity contribution in [3.63, 3.8) is 0 Å². The van der Waals surface area contributed by atoms with Crippen molar-refractivity contribution in [2.75, 3.05) is 13.1 Å². The Labute approximate surface area is 125 Å². The predicted molar refractivity (Wildman–Crippen MR) is 72.3 cm³/mol. The Bertz CT molecular complexity index is 563. The lowest BCUT2D eigenvalue weighted by atomic mass is 9.86. The van der Waals surface area contributed by atoms with Gasteiger partial charge in [-0.05, 0) is 30.4 Å². The van der Waals surface area contributed by atoms with Gasteiger partial charge in [0.25, 0.3) is 0 Å². The van der Waals surface area contributed by atoms with Gasteiger partial charge in [0.2, 0.25) is 5.91 Å². The Kier molecular flexibility index (Phi) is 4.73. The summed E-state index contributed by atoms with van der Waals surface area (Å²) < 4.78 is 39.1. The van der Waals surface area contributed by atoms with Crippen LogP contribution in [0.15, 0.2) is 24.3 Å². The van der Waals surface area contributed by atoms with Crippen LogP contribution in [-0.2, 0) is 15.8 Å². The third-order valence-corrected chi connectivity index (χ3v) is 3.86. The third kappa shape index (κ3) is 3.78. The molecule has 0 aromatic heterocycles. The van der Waals surface area contributed by atoms with E-state index in [4.69, 9.17) is 5.11 Å². The number of alkyl halides is 3. The van der Waals surface area contributed by atoms with Crippen LogP contribution in [0.5, 0.6) is 0 Å². The van der Waals surface area contributed by atoms with Crippen molar-refractivity contribution in [1.82, 2.24) is 4.90 Å². The number of carbonyl (C=O) groups is 2. The Morgan fingerprint density at radius 1 is 1.18 bits per heavy atom. The standard InChI is InChI=1S/C15H16F3NO3/c16-15(17,18)12-4-2-1-3-11(12)10-5-7-19(8-6-10)13(20)9-14(21)22/h1-4,10H,5-9H2,(H,21,22). The average Bonchev–Trinajstić information content (AvgIpc) is 2.46. The molecule has 0 radical (unpaired) electrons. The molecule has 1 saturated heterocycles. The second-order valence-corrected chi connectivity index (χ2v) is 5.31. The molecule has 22 heavy (non-hydrogen) atoms. The number of benzene rings is 1. The Morgan fingerprint density at radius 2 is 1.77 bits per heavy atom. The molecule has 0 bridgehead atoms. The molecular formula is C15H16F3NO3. The highest BCUT2D eigenvalue weighted by molar-refractivity contribution is 5.93. The van der Waals surface area contributed by atoms with E-state index in [9.17, 15) is 22.8 Å². The molecule has 1 aliphatic heterocycles. The minimum atomic E-state index is -4.40. The molecule has 1 aromatic carbocycles. The fourth-order valence-corrected chi connectivity index (χ4v) is 2.79. The topological polar surface area (TPSA) is 57.6 Å². The number of rotatable bonds is 3. The lowest BCUT2D eigenvalue weighted by Gasteiger charge is -2.33. The second kappa shape index (κ2) is 6.37.